The Morgan fingerprint density at radius 1 is 0.973 bits per heavy atom. The number of ether oxygens (including phenoxy) is 2. The van der Waals surface area contributed by atoms with E-state index in [9.17, 15) is 23.1 Å². The molecular weight excluding hydrogens is 485 g/mol. The second-order valence-corrected chi connectivity index (χ2v) is 7.87. The first-order valence-corrected chi connectivity index (χ1v) is 11.0. The molecule has 4 aromatic carbocycles. The summed E-state index contributed by atoms with van der Waals surface area (Å²) in [5, 5.41) is 12.2. The average Bonchev–Trinajstić information content (AvgIpc) is 2.88. The molecule has 0 spiro atoms. The summed E-state index contributed by atoms with van der Waals surface area (Å²) in [6.45, 7) is 0. The molecule has 4 aromatic rings. The van der Waals surface area contributed by atoms with Crippen molar-refractivity contribution in [2.24, 2.45) is 9.98 Å². The molecule has 0 fully saturated rings. The standard InChI is InChI=1S/C28H21F3N2O4/c1-32-15-17-7-12-24(26(13-17)37-28(29,30)31)33-25(16-34)23-14-22(18-8-10-19(36-2)11-9-18)20-5-3-4-6-21(20)27(23)35/h3-16,35H,1-2H3. The zero-order chi connectivity index (χ0) is 26.6. The molecule has 0 aliphatic carbocycles. The fraction of sp³-hybridized carbons (Fsp3) is 0.107. The molecule has 0 heterocycles. The largest absolute Gasteiger partial charge is 0.573 e. The summed E-state index contributed by atoms with van der Waals surface area (Å²) < 4.78 is 48.7. The summed E-state index contributed by atoms with van der Waals surface area (Å²) in [6.07, 6.45) is -3.26. The smallest absolute Gasteiger partial charge is 0.507 e. The van der Waals surface area contributed by atoms with Gasteiger partial charge in [-0.2, -0.15) is 0 Å². The van der Waals surface area contributed by atoms with Gasteiger partial charge in [-0.25, -0.2) is 4.99 Å². The van der Waals surface area contributed by atoms with Gasteiger partial charge in [0.15, 0.2) is 12.0 Å². The van der Waals surface area contributed by atoms with Crippen molar-refractivity contribution < 1.29 is 32.5 Å². The molecule has 9 heteroatoms. The van der Waals surface area contributed by atoms with Gasteiger partial charge in [-0.05, 0) is 52.4 Å². The molecule has 188 valence electrons. The van der Waals surface area contributed by atoms with E-state index in [1.807, 2.05) is 24.3 Å². The number of nitrogens with zero attached hydrogens (tertiary/aromatic N) is 2. The van der Waals surface area contributed by atoms with Gasteiger partial charge >= 0.3 is 6.36 Å². The van der Waals surface area contributed by atoms with Crippen LogP contribution < -0.4 is 9.47 Å². The third kappa shape index (κ3) is 5.61. The van der Waals surface area contributed by atoms with Gasteiger partial charge in [-0.1, -0.05) is 42.5 Å². The molecule has 0 aromatic heterocycles. The van der Waals surface area contributed by atoms with Crippen LogP contribution in [0, 0.1) is 0 Å². The lowest BCUT2D eigenvalue weighted by atomic mass is 9.93. The number of aromatic hydroxyl groups is 1. The van der Waals surface area contributed by atoms with Crippen LogP contribution in [-0.4, -0.2) is 43.8 Å². The fourth-order valence-electron chi connectivity index (χ4n) is 3.90. The molecule has 0 atom stereocenters. The van der Waals surface area contributed by atoms with Gasteiger partial charge in [-0.3, -0.25) is 9.79 Å². The topological polar surface area (TPSA) is 80.5 Å². The van der Waals surface area contributed by atoms with Gasteiger partial charge in [0, 0.05) is 24.2 Å². The molecule has 0 aliphatic heterocycles. The van der Waals surface area contributed by atoms with Crippen LogP contribution in [-0.2, 0) is 4.79 Å². The van der Waals surface area contributed by atoms with E-state index in [-0.39, 0.29) is 22.7 Å². The van der Waals surface area contributed by atoms with E-state index in [2.05, 4.69) is 14.7 Å². The van der Waals surface area contributed by atoms with Gasteiger partial charge in [0.25, 0.3) is 0 Å². The van der Waals surface area contributed by atoms with Crippen molar-refractivity contribution in [3.8, 4) is 28.4 Å². The van der Waals surface area contributed by atoms with Crippen molar-refractivity contribution in [1.29, 1.82) is 0 Å². The molecule has 0 saturated carbocycles. The highest BCUT2D eigenvalue weighted by molar-refractivity contribution is 6.38. The van der Waals surface area contributed by atoms with Crippen LogP contribution in [0.15, 0.2) is 82.8 Å². The van der Waals surface area contributed by atoms with Crippen LogP contribution in [0.4, 0.5) is 18.9 Å². The van der Waals surface area contributed by atoms with E-state index in [1.54, 1.807) is 37.4 Å². The van der Waals surface area contributed by atoms with Gasteiger partial charge in [0.1, 0.15) is 22.9 Å². The van der Waals surface area contributed by atoms with Crippen LogP contribution in [0.25, 0.3) is 21.9 Å². The summed E-state index contributed by atoms with van der Waals surface area (Å²) >= 11 is 0. The Labute approximate surface area is 210 Å². The lowest BCUT2D eigenvalue weighted by Crippen LogP contribution is -2.17. The molecule has 4 rings (SSSR count). The number of hydrogen-bond acceptors (Lipinski definition) is 6. The van der Waals surface area contributed by atoms with Gasteiger partial charge < -0.3 is 14.6 Å². The monoisotopic (exact) mass is 506 g/mol. The number of carbonyl (C=O) groups is 1. The minimum Gasteiger partial charge on any atom is -0.507 e. The first-order chi connectivity index (χ1) is 17.7. The van der Waals surface area contributed by atoms with Crippen LogP contribution in [0.3, 0.4) is 0 Å². The number of rotatable bonds is 7. The molecule has 0 radical (unpaired) electrons. The highest BCUT2D eigenvalue weighted by Crippen LogP contribution is 2.39. The molecule has 0 saturated heterocycles. The Morgan fingerprint density at radius 3 is 2.30 bits per heavy atom. The number of hydrogen-bond donors (Lipinski definition) is 1. The highest BCUT2D eigenvalue weighted by Gasteiger charge is 2.32. The number of methoxy groups -OCH3 is 1. The molecule has 6 nitrogen and oxygen atoms in total. The normalized spacial score (nSPS) is 12.2. The van der Waals surface area contributed by atoms with E-state index in [1.165, 1.54) is 25.4 Å². The number of carbonyl (C=O) groups excluding carboxylic acids is 1. The predicted molar refractivity (Wildman–Crippen MR) is 137 cm³/mol. The second kappa shape index (κ2) is 10.5. The van der Waals surface area contributed by atoms with E-state index in [4.69, 9.17) is 4.74 Å². The maximum atomic E-state index is 13.1. The van der Waals surface area contributed by atoms with Gasteiger partial charge in [0.2, 0.25) is 0 Å². The van der Waals surface area contributed by atoms with Crippen molar-refractivity contribution in [1.82, 2.24) is 0 Å². The molecular formula is C28H21F3N2O4. The molecule has 0 amide bonds. The quantitative estimate of drug-likeness (QED) is 0.230. The van der Waals surface area contributed by atoms with Crippen LogP contribution in [0.1, 0.15) is 11.1 Å². The number of aliphatic imine (C=N–C) groups is 2. The van der Waals surface area contributed by atoms with Crippen LogP contribution in [0.5, 0.6) is 17.2 Å². The van der Waals surface area contributed by atoms with Crippen molar-refractivity contribution in [3.05, 3.63) is 83.9 Å². The summed E-state index contributed by atoms with van der Waals surface area (Å²) in [7, 11) is 3.03. The third-order valence-corrected chi connectivity index (χ3v) is 5.53. The Hall–Kier alpha value is -4.66. The highest BCUT2D eigenvalue weighted by atomic mass is 19.4. The van der Waals surface area contributed by atoms with Gasteiger partial charge in [0.05, 0.1) is 7.11 Å². The zero-order valence-corrected chi connectivity index (χ0v) is 19.8. The molecule has 0 aliphatic rings. The van der Waals surface area contributed by atoms with E-state index >= 15 is 0 Å². The van der Waals surface area contributed by atoms with E-state index in [0.717, 1.165) is 11.6 Å². The number of alkyl halides is 3. The number of phenols is 1. The van der Waals surface area contributed by atoms with Gasteiger partial charge in [-0.15, -0.1) is 13.2 Å². The molecule has 0 unspecified atom stereocenters. The maximum absolute atomic E-state index is 13.1. The summed E-state index contributed by atoms with van der Waals surface area (Å²) in [6, 6.07) is 19.7. The van der Waals surface area contributed by atoms with Crippen LogP contribution in [0.2, 0.25) is 0 Å². The first-order valence-electron chi connectivity index (χ1n) is 11.0. The summed E-state index contributed by atoms with van der Waals surface area (Å²) in [4.78, 5) is 20.1. The second-order valence-electron chi connectivity index (χ2n) is 7.87. The van der Waals surface area contributed by atoms with Crippen molar-refractivity contribution in [2.75, 3.05) is 14.2 Å². The average molecular weight is 506 g/mol. The van der Waals surface area contributed by atoms with Crippen molar-refractivity contribution in [2.45, 2.75) is 6.36 Å². The Morgan fingerprint density at radius 2 is 1.68 bits per heavy atom. The van der Waals surface area contributed by atoms with Crippen molar-refractivity contribution in [3.63, 3.8) is 0 Å². The molecule has 0 bridgehead atoms. The van der Waals surface area contributed by atoms with Crippen LogP contribution >= 0.6 is 0 Å². The van der Waals surface area contributed by atoms with E-state index < -0.39 is 12.1 Å². The summed E-state index contributed by atoms with van der Waals surface area (Å²) in [5.41, 5.74) is 1.34. The number of halogens is 3. The minimum atomic E-state index is -4.99. The Kier molecular flexibility index (Phi) is 7.24. The molecule has 1 N–H and O–H groups in total. The SMILES string of the molecule is CN=Cc1ccc(N=C(C=O)c2cc(-c3ccc(OC)cc3)c3ccccc3c2O)c(OC(F)(F)F)c1. The molecule has 37 heavy (non-hydrogen) atoms. The van der Waals surface area contributed by atoms with Crippen molar-refractivity contribution >= 4 is 34.7 Å². The first kappa shape index (κ1) is 25.4. The predicted octanol–water partition coefficient (Wildman–Crippen LogP) is 6.49. The summed E-state index contributed by atoms with van der Waals surface area (Å²) in [5.74, 6) is -0.192. The lowest BCUT2D eigenvalue weighted by molar-refractivity contribution is -0.274. The number of phenolic OH excluding ortho intramolecular Hbond substituents is 1. The zero-order valence-electron chi connectivity index (χ0n) is 19.8. The maximum Gasteiger partial charge on any atom is 0.573 e. The Balaban J connectivity index is 1.93. The Bertz CT molecular complexity index is 1510. The fourth-order valence-corrected chi connectivity index (χ4v) is 3.90. The number of benzene rings is 4. The number of aldehydes is 1. The minimum absolute atomic E-state index is 0.0525. The number of fused-ring (bicyclic) bond motifs is 1. The van der Waals surface area contributed by atoms with E-state index in [0.29, 0.717) is 33.9 Å². The third-order valence-electron chi connectivity index (χ3n) is 5.53. The lowest BCUT2D eigenvalue weighted by Gasteiger charge is -2.15.